The van der Waals surface area contributed by atoms with E-state index in [-0.39, 0.29) is 0 Å². The number of hydrogen-bond donors (Lipinski definition) is 2. The molecule has 136 valence electrons. The van der Waals surface area contributed by atoms with Crippen LogP contribution in [0, 0.1) is 0 Å². The number of nitrogens with zero attached hydrogens (tertiary/aromatic N) is 3. The second kappa shape index (κ2) is 7.85. The molecule has 1 aliphatic rings. The van der Waals surface area contributed by atoms with E-state index in [0.29, 0.717) is 18.6 Å². The highest BCUT2D eigenvalue weighted by Gasteiger charge is 2.26. The standard InChI is InChI=1S/C20H25N5O/c1-2-26-17-5-3-15(4-6-17)18-7-8-21-13-19(18)23-11-16-12-24-20-14-22-9-10-25(16)20/h3-6,9-10,12,14,18-19,21,23H,2,7-8,11,13H2,1H3/t18-,19-/m0/s1. The fourth-order valence-electron chi connectivity index (χ4n) is 3.71. The van der Waals surface area contributed by atoms with Gasteiger partial charge in [0.25, 0.3) is 0 Å². The van der Waals surface area contributed by atoms with Crippen LogP contribution in [-0.4, -0.2) is 40.1 Å². The lowest BCUT2D eigenvalue weighted by Gasteiger charge is -2.33. The minimum atomic E-state index is 0.383. The van der Waals surface area contributed by atoms with Crippen molar-refractivity contribution in [3.63, 3.8) is 0 Å². The average molecular weight is 351 g/mol. The molecule has 0 aliphatic carbocycles. The largest absolute Gasteiger partial charge is 0.494 e. The lowest BCUT2D eigenvalue weighted by atomic mass is 9.86. The molecule has 2 N–H and O–H groups in total. The van der Waals surface area contributed by atoms with Crippen molar-refractivity contribution in [1.29, 1.82) is 0 Å². The van der Waals surface area contributed by atoms with Crippen LogP contribution in [0.15, 0.2) is 49.1 Å². The summed E-state index contributed by atoms with van der Waals surface area (Å²) in [6, 6.07) is 8.95. The monoisotopic (exact) mass is 351 g/mol. The fraction of sp³-hybridized carbons (Fsp3) is 0.400. The van der Waals surface area contributed by atoms with Crippen molar-refractivity contribution in [2.45, 2.75) is 31.8 Å². The molecule has 0 radical (unpaired) electrons. The molecule has 3 heterocycles. The number of imidazole rings is 1. The van der Waals surface area contributed by atoms with Crippen LogP contribution in [0.5, 0.6) is 5.75 Å². The topological polar surface area (TPSA) is 63.5 Å². The molecule has 0 spiro atoms. The minimum absolute atomic E-state index is 0.383. The summed E-state index contributed by atoms with van der Waals surface area (Å²) >= 11 is 0. The molecule has 2 aromatic heterocycles. The van der Waals surface area contributed by atoms with Gasteiger partial charge in [0, 0.05) is 37.4 Å². The van der Waals surface area contributed by atoms with E-state index >= 15 is 0 Å². The summed E-state index contributed by atoms with van der Waals surface area (Å²) in [6.45, 7) is 5.52. The van der Waals surface area contributed by atoms with E-state index in [2.05, 4.69) is 49.3 Å². The number of aromatic nitrogens is 3. The van der Waals surface area contributed by atoms with Crippen LogP contribution in [0.2, 0.25) is 0 Å². The maximum absolute atomic E-state index is 5.57. The molecule has 6 heteroatoms. The molecular weight excluding hydrogens is 326 g/mol. The van der Waals surface area contributed by atoms with E-state index in [1.54, 1.807) is 12.4 Å². The lowest BCUT2D eigenvalue weighted by Crippen LogP contribution is -2.47. The van der Waals surface area contributed by atoms with Gasteiger partial charge in [0.1, 0.15) is 5.75 Å². The molecule has 6 nitrogen and oxygen atoms in total. The summed E-state index contributed by atoms with van der Waals surface area (Å²) in [6.07, 6.45) is 8.59. The summed E-state index contributed by atoms with van der Waals surface area (Å²) in [5, 5.41) is 7.24. The first kappa shape index (κ1) is 17.0. The Balaban J connectivity index is 1.47. The third-order valence-corrected chi connectivity index (χ3v) is 5.04. The number of hydrogen-bond acceptors (Lipinski definition) is 5. The molecule has 4 rings (SSSR count). The van der Waals surface area contributed by atoms with Gasteiger partial charge in [-0.3, -0.25) is 9.38 Å². The van der Waals surface area contributed by atoms with E-state index < -0.39 is 0 Å². The predicted octanol–water partition coefficient (Wildman–Crippen LogP) is 2.36. The van der Waals surface area contributed by atoms with Crippen molar-refractivity contribution in [2.24, 2.45) is 0 Å². The SMILES string of the molecule is CCOc1ccc([C@@H]2CCNC[C@@H]2NCc2cnc3cnccn23)cc1. The molecule has 3 aromatic rings. The van der Waals surface area contributed by atoms with Gasteiger partial charge >= 0.3 is 0 Å². The van der Waals surface area contributed by atoms with Crippen molar-refractivity contribution in [3.05, 3.63) is 60.3 Å². The third kappa shape index (κ3) is 3.57. The Hall–Kier alpha value is -2.44. The maximum atomic E-state index is 5.57. The van der Waals surface area contributed by atoms with E-state index in [0.717, 1.165) is 43.1 Å². The Morgan fingerprint density at radius 1 is 1.27 bits per heavy atom. The number of ether oxygens (including phenoxy) is 1. The van der Waals surface area contributed by atoms with Crippen LogP contribution in [-0.2, 0) is 6.54 Å². The van der Waals surface area contributed by atoms with Crippen molar-refractivity contribution in [1.82, 2.24) is 25.0 Å². The van der Waals surface area contributed by atoms with Crippen molar-refractivity contribution < 1.29 is 4.74 Å². The van der Waals surface area contributed by atoms with Gasteiger partial charge in [-0.25, -0.2) is 4.98 Å². The molecule has 26 heavy (non-hydrogen) atoms. The van der Waals surface area contributed by atoms with E-state index in [1.165, 1.54) is 5.56 Å². The summed E-state index contributed by atoms with van der Waals surface area (Å²) in [5.41, 5.74) is 3.40. The summed E-state index contributed by atoms with van der Waals surface area (Å²) in [7, 11) is 0. The van der Waals surface area contributed by atoms with Gasteiger partial charge in [-0.1, -0.05) is 12.1 Å². The van der Waals surface area contributed by atoms with Gasteiger partial charge in [0.2, 0.25) is 0 Å². The Bertz CT molecular complexity index is 845. The Morgan fingerprint density at radius 3 is 3.00 bits per heavy atom. The van der Waals surface area contributed by atoms with Gasteiger partial charge in [-0.2, -0.15) is 0 Å². The normalized spacial score (nSPS) is 20.3. The van der Waals surface area contributed by atoms with Crippen molar-refractivity contribution in [3.8, 4) is 5.75 Å². The summed E-state index contributed by atoms with van der Waals surface area (Å²) < 4.78 is 7.66. The highest BCUT2D eigenvalue weighted by molar-refractivity contribution is 5.37. The number of fused-ring (bicyclic) bond motifs is 1. The average Bonchev–Trinajstić information content (AvgIpc) is 3.11. The summed E-state index contributed by atoms with van der Waals surface area (Å²) in [5.74, 6) is 1.43. The predicted molar refractivity (Wildman–Crippen MR) is 101 cm³/mol. The van der Waals surface area contributed by atoms with Crippen LogP contribution in [0.4, 0.5) is 0 Å². The van der Waals surface area contributed by atoms with Gasteiger partial charge in [0.15, 0.2) is 5.65 Å². The van der Waals surface area contributed by atoms with Gasteiger partial charge in [-0.15, -0.1) is 0 Å². The highest BCUT2D eigenvalue weighted by Crippen LogP contribution is 2.27. The Labute approximate surface area is 153 Å². The quantitative estimate of drug-likeness (QED) is 0.714. The van der Waals surface area contributed by atoms with E-state index in [9.17, 15) is 0 Å². The van der Waals surface area contributed by atoms with Crippen LogP contribution in [0.1, 0.15) is 30.5 Å². The Kier molecular flexibility index (Phi) is 5.13. The summed E-state index contributed by atoms with van der Waals surface area (Å²) in [4.78, 5) is 8.54. The highest BCUT2D eigenvalue weighted by atomic mass is 16.5. The van der Waals surface area contributed by atoms with Gasteiger partial charge in [-0.05, 0) is 37.6 Å². The second-order valence-electron chi connectivity index (χ2n) is 6.64. The molecule has 1 saturated heterocycles. The molecule has 1 aromatic carbocycles. The zero-order chi connectivity index (χ0) is 17.8. The van der Waals surface area contributed by atoms with Crippen LogP contribution in [0.3, 0.4) is 0 Å². The third-order valence-electron chi connectivity index (χ3n) is 5.04. The van der Waals surface area contributed by atoms with E-state index in [4.69, 9.17) is 4.74 Å². The lowest BCUT2D eigenvalue weighted by molar-refractivity contribution is 0.335. The van der Waals surface area contributed by atoms with Crippen molar-refractivity contribution in [2.75, 3.05) is 19.7 Å². The molecule has 0 bridgehead atoms. The van der Waals surface area contributed by atoms with Crippen LogP contribution < -0.4 is 15.4 Å². The molecule has 1 aliphatic heterocycles. The smallest absolute Gasteiger partial charge is 0.155 e. The number of benzene rings is 1. The maximum Gasteiger partial charge on any atom is 0.155 e. The number of piperidine rings is 1. The molecular formula is C20H25N5O. The molecule has 0 unspecified atom stereocenters. The van der Waals surface area contributed by atoms with E-state index in [1.807, 2.05) is 19.3 Å². The molecule has 0 amide bonds. The second-order valence-corrected chi connectivity index (χ2v) is 6.64. The van der Waals surface area contributed by atoms with Crippen molar-refractivity contribution >= 4 is 5.65 Å². The minimum Gasteiger partial charge on any atom is -0.494 e. The first-order valence-electron chi connectivity index (χ1n) is 9.28. The van der Waals surface area contributed by atoms with Crippen LogP contribution >= 0.6 is 0 Å². The molecule has 1 fully saturated rings. The zero-order valence-electron chi connectivity index (χ0n) is 15.1. The van der Waals surface area contributed by atoms with Gasteiger partial charge in [0.05, 0.1) is 24.7 Å². The first-order chi connectivity index (χ1) is 12.8. The number of nitrogens with one attached hydrogen (secondary N) is 2. The molecule has 2 atom stereocenters. The number of rotatable bonds is 6. The van der Waals surface area contributed by atoms with Gasteiger partial charge < -0.3 is 15.4 Å². The van der Waals surface area contributed by atoms with Crippen LogP contribution in [0.25, 0.3) is 5.65 Å². The first-order valence-corrected chi connectivity index (χ1v) is 9.28. The Morgan fingerprint density at radius 2 is 2.15 bits per heavy atom. The zero-order valence-corrected chi connectivity index (χ0v) is 15.1. The molecule has 0 saturated carbocycles. The fourth-order valence-corrected chi connectivity index (χ4v) is 3.71.